The fraction of sp³-hybridized carbons (Fsp3) is 0.167. The van der Waals surface area contributed by atoms with Crippen molar-refractivity contribution >= 4 is 38.9 Å². The normalized spacial score (nSPS) is 14.8. The molecule has 1 aliphatic rings. The second-order valence-electron chi connectivity index (χ2n) is 3.81. The van der Waals surface area contributed by atoms with Crippen LogP contribution in [0.4, 0.5) is 0 Å². The van der Waals surface area contributed by atoms with E-state index in [0.29, 0.717) is 22.1 Å². The molecule has 94 valence electrons. The number of thiophene rings is 1. The number of halogens is 2. The lowest BCUT2D eigenvalue weighted by Crippen LogP contribution is -1.99. The maximum Gasteiger partial charge on any atom is 0.231 e. The van der Waals surface area contributed by atoms with Gasteiger partial charge < -0.3 is 14.6 Å². The molecule has 1 atom stereocenters. The van der Waals surface area contributed by atoms with Crippen molar-refractivity contribution in [2.45, 2.75) is 6.10 Å². The molecule has 3 rings (SSSR count). The first-order valence-electron chi connectivity index (χ1n) is 5.15. The van der Waals surface area contributed by atoms with Gasteiger partial charge in [0.25, 0.3) is 0 Å². The molecule has 1 unspecified atom stereocenters. The lowest BCUT2D eigenvalue weighted by atomic mass is 10.0. The predicted octanol–water partition coefficient (Wildman–Crippen LogP) is 3.97. The summed E-state index contributed by atoms with van der Waals surface area (Å²) in [5.74, 6) is 1.11. The minimum Gasteiger partial charge on any atom is -0.454 e. The molecule has 6 heteroatoms. The number of hydrogen-bond donors (Lipinski definition) is 1. The Hall–Kier alpha value is -0.750. The Balaban J connectivity index is 2.03. The number of fused-ring (bicyclic) bond motifs is 1. The Morgan fingerprint density at radius 3 is 2.89 bits per heavy atom. The third kappa shape index (κ3) is 2.01. The fourth-order valence-electron chi connectivity index (χ4n) is 1.81. The summed E-state index contributed by atoms with van der Waals surface area (Å²) in [6, 6.07) is 3.45. The molecular formula is C12H8BrClO3S. The van der Waals surface area contributed by atoms with E-state index in [1.165, 1.54) is 11.3 Å². The average Bonchev–Trinajstić information content (AvgIpc) is 2.96. The molecule has 2 aromatic rings. The molecular weight excluding hydrogens is 340 g/mol. The number of aliphatic hydroxyl groups is 1. The highest BCUT2D eigenvalue weighted by atomic mass is 79.9. The summed E-state index contributed by atoms with van der Waals surface area (Å²) in [5.41, 5.74) is 1.50. The molecule has 0 radical (unpaired) electrons. The molecule has 0 aliphatic carbocycles. The summed E-state index contributed by atoms with van der Waals surface area (Å²) in [5, 5.41) is 14.6. The van der Waals surface area contributed by atoms with Gasteiger partial charge in [-0.15, -0.1) is 0 Å². The zero-order chi connectivity index (χ0) is 12.7. The van der Waals surface area contributed by atoms with E-state index in [9.17, 15) is 5.11 Å². The van der Waals surface area contributed by atoms with Gasteiger partial charge in [-0.25, -0.2) is 0 Å². The van der Waals surface area contributed by atoms with E-state index >= 15 is 0 Å². The largest absolute Gasteiger partial charge is 0.454 e. The van der Waals surface area contributed by atoms with Crippen LogP contribution in [-0.4, -0.2) is 11.9 Å². The van der Waals surface area contributed by atoms with Gasteiger partial charge in [0.1, 0.15) is 6.10 Å². The number of rotatable bonds is 2. The van der Waals surface area contributed by atoms with Crippen LogP contribution in [0.2, 0.25) is 5.02 Å². The van der Waals surface area contributed by atoms with Crippen LogP contribution < -0.4 is 9.47 Å². The van der Waals surface area contributed by atoms with E-state index < -0.39 is 6.10 Å². The molecule has 1 aromatic heterocycles. The summed E-state index contributed by atoms with van der Waals surface area (Å²) < 4.78 is 11.4. The molecule has 0 amide bonds. The topological polar surface area (TPSA) is 38.7 Å². The van der Waals surface area contributed by atoms with E-state index in [1.54, 1.807) is 12.1 Å². The molecule has 0 saturated carbocycles. The van der Waals surface area contributed by atoms with Gasteiger partial charge in [0.05, 0.1) is 5.02 Å². The van der Waals surface area contributed by atoms with Crippen molar-refractivity contribution in [2.24, 2.45) is 0 Å². The predicted molar refractivity (Wildman–Crippen MR) is 73.7 cm³/mol. The minimum atomic E-state index is -0.738. The standard InChI is InChI=1S/C12H8BrClO3S/c13-8-4-18-3-7(8)11(15)6-1-9(14)12-10(2-6)16-5-17-12/h1-4,11,15H,5H2. The summed E-state index contributed by atoms with van der Waals surface area (Å²) in [6.07, 6.45) is -0.738. The lowest BCUT2D eigenvalue weighted by molar-refractivity contribution is 0.173. The van der Waals surface area contributed by atoms with Gasteiger partial charge in [-0.2, -0.15) is 11.3 Å². The molecule has 0 saturated heterocycles. The van der Waals surface area contributed by atoms with Gasteiger partial charge in [0.15, 0.2) is 11.5 Å². The van der Waals surface area contributed by atoms with Crippen LogP contribution in [0.25, 0.3) is 0 Å². The Morgan fingerprint density at radius 2 is 2.17 bits per heavy atom. The van der Waals surface area contributed by atoms with Crippen LogP contribution in [-0.2, 0) is 0 Å². The first-order valence-corrected chi connectivity index (χ1v) is 7.27. The average molecular weight is 348 g/mol. The highest BCUT2D eigenvalue weighted by Gasteiger charge is 2.22. The fourth-order valence-corrected chi connectivity index (χ4v) is 3.62. The highest BCUT2D eigenvalue weighted by Crippen LogP contribution is 2.42. The van der Waals surface area contributed by atoms with E-state index in [-0.39, 0.29) is 6.79 Å². The van der Waals surface area contributed by atoms with Gasteiger partial charge >= 0.3 is 0 Å². The molecule has 1 aromatic carbocycles. The summed E-state index contributed by atoms with van der Waals surface area (Å²) in [6.45, 7) is 0.163. The van der Waals surface area contributed by atoms with Crippen LogP contribution in [0.3, 0.4) is 0 Å². The summed E-state index contributed by atoms with van der Waals surface area (Å²) in [7, 11) is 0. The van der Waals surface area contributed by atoms with Crippen molar-refractivity contribution in [3.05, 3.63) is 43.5 Å². The van der Waals surface area contributed by atoms with E-state index in [4.69, 9.17) is 21.1 Å². The summed E-state index contributed by atoms with van der Waals surface area (Å²) in [4.78, 5) is 0. The Labute approximate surface area is 121 Å². The first-order chi connectivity index (χ1) is 8.66. The van der Waals surface area contributed by atoms with Crippen molar-refractivity contribution < 1.29 is 14.6 Å². The van der Waals surface area contributed by atoms with Gasteiger partial charge in [-0.05, 0) is 39.0 Å². The molecule has 18 heavy (non-hydrogen) atoms. The van der Waals surface area contributed by atoms with Crippen LogP contribution in [0.15, 0.2) is 27.4 Å². The van der Waals surface area contributed by atoms with Gasteiger partial charge in [0.2, 0.25) is 6.79 Å². The van der Waals surface area contributed by atoms with Crippen LogP contribution in [0, 0.1) is 0 Å². The Kier molecular flexibility index (Phi) is 3.23. The Bertz CT molecular complexity index is 599. The van der Waals surface area contributed by atoms with E-state index in [2.05, 4.69) is 15.9 Å². The van der Waals surface area contributed by atoms with Crippen LogP contribution in [0.5, 0.6) is 11.5 Å². The Morgan fingerprint density at radius 1 is 1.33 bits per heavy atom. The molecule has 2 heterocycles. The highest BCUT2D eigenvalue weighted by molar-refractivity contribution is 9.10. The molecule has 3 nitrogen and oxygen atoms in total. The van der Waals surface area contributed by atoms with Crippen molar-refractivity contribution in [1.82, 2.24) is 0 Å². The molecule has 0 spiro atoms. The minimum absolute atomic E-state index is 0.163. The van der Waals surface area contributed by atoms with E-state index in [1.807, 2.05) is 10.8 Å². The van der Waals surface area contributed by atoms with E-state index in [0.717, 1.165) is 10.0 Å². The zero-order valence-corrected chi connectivity index (χ0v) is 12.2. The van der Waals surface area contributed by atoms with Gasteiger partial charge in [-0.1, -0.05) is 11.6 Å². The van der Waals surface area contributed by atoms with Gasteiger partial charge in [0, 0.05) is 15.4 Å². The zero-order valence-electron chi connectivity index (χ0n) is 9.02. The maximum absolute atomic E-state index is 10.3. The van der Waals surface area contributed by atoms with Crippen LogP contribution >= 0.6 is 38.9 Å². The number of ether oxygens (including phenoxy) is 2. The van der Waals surface area contributed by atoms with Crippen LogP contribution in [0.1, 0.15) is 17.2 Å². The SMILES string of the molecule is OC(c1cc(Cl)c2c(c1)OCO2)c1cscc1Br. The maximum atomic E-state index is 10.3. The number of benzene rings is 1. The smallest absolute Gasteiger partial charge is 0.231 e. The second kappa shape index (κ2) is 4.74. The monoisotopic (exact) mass is 346 g/mol. The molecule has 0 fully saturated rings. The number of hydrogen-bond acceptors (Lipinski definition) is 4. The van der Waals surface area contributed by atoms with Crippen molar-refractivity contribution in [2.75, 3.05) is 6.79 Å². The third-order valence-corrected chi connectivity index (χ3v) is 4.73. The lowest BCUT2D eigenvalue weighted by Gasteiger charge is -2.12. The summed E-state index contributed by atoms with van der Waals surface area (Å²) >= 11 is 11.0. The first kappa shape index (κ1) is 12.3. The third-order valence-electron chi connectivity index (χ3n) is 2.70. The van der Waals surface area contributed by atoms with Crippen molar-refractivity contribution in [1.29, 1.82) is 0 Å². The second-order valence-corrected chi connectivity index (χ2v) is 5.82. The quantitative estimate of drug-likeness (QED) is 0.893. The molecule has 1 N–H and O–H groups in total. The van der Waals surface area contributed by atoms with Crippen molar-refractivity contribution in [3.8, 4) is 11.5 Å². The van der Waals surface area contributed by atoms with Crippen molar-refractivity contribution in [3.63, 3.8) is 0 Å². The number of aliphatic hydroxyl groups excluding tert-OH is 1. The molecule has 0 bridgehead atoms. The van der Waals surface area contributed by atoms with Gasteiger partial charge in [-0.3, -0.25) is 0 Å². The molecule has 1 aliphatic heterocycles.